The highest BCUT2D eigenvalue weighted by Gasteiger charge is 2.20. The van der Waals surface area contributed by atoms with Gasteiger partial charge in [0.1, 0.15) is 5.15 Å². The van der Waals surface area contributed by atoms with E-state index in [-0.39, 0.29) is 5.78 Å². The third-order valence-corrected chi connectivity index (χ3v) is 4.15. The Hall–Kier alpha value is -0.910. The summed E-state index contributed by atoms with van der Waals surface area (Å²) >= 11 is 6.14. The number of hydrogen-bond acceptors (Lipinski definition) is 4. The topological polar surface area (TPSA) is 64.2 Å². The minimum absolute atomic E-state index is 0.188. The minimum Gasteiger partial charge on any atom is -0.328 e. The van der Waals surface area contributed by atoms with E-state index in [9.17, 15) is 4.79 Å². The summed E-state index contributed by atoms with van der Waals surface area (Å²) in [6.07, 6.45) is 2.31. The molecule has 2 rings (SSSR count). The van der Waals surface area contributed by atoms with Gasteiger partial charge in [0.2, 0.25) is 0 Å². The first-order valence-corrected chi connectivity index (χ1v) is 7.02. The Bertz CT molecular complexity index is 463. The maximum atomic E-state index is 12.1. The van der Waals surface area contributed by atoms with Crippen LogP contribution in [-0.2, 0) is 18.3 Å². The molecule has 5 nitrogen and oxygen atoms in total. The van der Waals surface area contributed by atoms with Crippen LogP contribution in [0.2, 0.25) is 5.15 Å². The molecule has 1 aliphatic heterocycles. The van der Waals surface area contributed by atoms with Crippen molar-refractivity contribution in [2.45, 2.75) is 32.2 Å². The third-order valence-electron chi connectivity index (χ3n) is 3.68. The van der Waals surface area contributed by atoms with Gasteiger partial charge in [-0.15, -0.1) is 0 Å². The number of hydrogen-bond donors (Lipinski definition) is 1. The largest absolute Gasteiger partial charge is 0.328 e. The number of rotatable bonds is 4. The predicted molar refractivity (Wildman–Crippen MR) is 75.3 cm³/mol. The van der Waals surface area contributed by atoms with Gasteiger partial charge in [0.05, 0.1) is 12.2 Å². The number of Topliss-reactive ketones (excluding diaryl/α,β-unsaturated/α-hetero) is 1. The van der Waals surface area contributed by atoms with Gasteiger partial charge < -0.3 is 5.73 Å². The van der Waals surface area contributed by atoms with E-state index >= 15 is 0 Å². The Kier molecular flexibility index (Phi) is 4.60. The molecule has 2 heterocycles. The van der Waals surface area contributed by atoms with Crippen molar-refractivity contribution in [1.29, 1.82) is 0 Å². The van der Waals surface area contributed by atoms with Crippen molar-refractivity contribution in [2.24, 2.45) is 12.8 Å². The smallest absolute Gasteiger partial charge is 0.151 e. The second-order valence-electron chi connectivity index (χ2n) is 5.31. The zero-order chi connectivity index (χ0) is 14.0. The van der Waals surface area contributed by atoms with Crippen LogP contribution in [0.3, 0.4) is 0 Å². The van der Waals surface area contributed by atoms with Crippen LogP contribution in [0, 0.1) is 6.92 Å². The molecule has 2 N–H and O–H groups in total. The molecule has 0 atom stereocenters. The first kappa shape index (κ1) is 14.5. The van der Waals surface area contributed by atoms with Crippen LogP contribution in [0.15, 0.2) is 0 Å². The zero-order valence-electron chi connectivity index (χ0n) is 11.5. The molecule has 0 saturated carbocycles. The molecule has 0 aliphatic carbocycles. The second kappa shape index (κ2) is 6.03. The van der Waals surface area contributed by atoms with Gasteiger partial charge in [-0.3, -0.25) is 14.4 Å². The van der Waals surface area contributed by atoms with Crippen molar-refractivity contribution in [3.8, 4) is 0 Å². The number of ketones is 1. The first-order chi connectivity index (χ1) is 8.97. The van der Waals surface area contributed by atoms with Crippen LogP contribution in [0.4, 0.5) is 0 Å². The summed E-state index contributed by atoms with van der Waals surface area (Å²) in [5.74, 6) is 0.188. The average molecular weight is 285 g/mol. The number of piperidine rings is 1. The minimum atomic E-state index is 0.188. The number of nitrogens with two attached hydrogens (primary N) is 1. The Labute approximate surface area is 118 Å². The predicted octanol–water partition coefficient (Wildman–Crippen LogP) is 0.917. The molecule has 6 heteroatoms. The SMILES string of the molecule is Cc1nn(C)c(Cl)c1CC(=O)CN1CCC(N)CC1. The number of halogens is 1. The molecule has 1 aliphatic rings. The molecule has 1 saturated heterocycles. The van der Waals surface area contributed by atoms with E-state index in [4.69, 9.17) is 17.3 Å². The number of likely N-dealkylation sites (tertiary alicyclic amines) is 1. The van der Waals surface area contributed by atoms with E-state index in [1.807, 2.05) is 6.92 Å². The van der Waals surface area contributed by atoms with Crippen LogP contribution in [0.25, 0.3) is 0 Å². The van der Waals surface area contributed by atoms with Crippen molar-refractivity contribution in [3.05, 3.63) is 16.4 Å². The van der Waals surface area contributed by atoms with Crippen molar-refractivity contribution in [1.82, 2.24) is 14.7 Å². The van der Waals surface area contributed by atoms with Crippen LogP contribution in [0.5, 0.6) is 0 Å². The quantitative estimate of drug-likeness (QED) is 0.893. The summed E-state index contributed by atoms with van der Waals surface area (Å²) in [4.78, 5) is 14.3. The molecular formula is C13H21ClN4O. The van der Waals surface area contributed by atoms with Gasteiger partial charge in [0.25, 0.3) is 0 Å². The molecule has 1 aromatic heterocycles. The van der Waals surface area contributed by atoms with Gasteiger partial charge in [0, 0.05) is 38.2 Å². The van der Waals surface area contributed by atoms with E-state index in [2.05, 4.69) is 10.00 Å². The van der Waals surface area contributed by atoms with Gasteiger partial charge in [-0.1, -0.05) is 11.6 Å². The van der Waals surface area contributed by atoms with E-state index < -0.39 is 0 Å². The van der Waals surface area contributed by atoms with E-state index in [1.54, 1.807) is 11.7 Å². The fourth-order valence-corrected chi connectivity index (χ4v) is 2.73. The lowest BCUT2D eigenvalue weighted by Gasteiger charge is -2.29. The summed E-state index contributed by atoms with van der Waals surface area (Å²) in [7, 11) is 1.79. The Balaban J connectivity index is 1.91. The standard InChI is InChI=1S/C13H21ClN4O/c1-9-12(13(14)17(2)16-9)7-11(19)8-18-5-3-10(15)4-6-18/h10H,3-8,15H2,1-2H3. The van der Waals surface area contributed by atoms with Gasteiger partial charge in [-0.25, -0.2) is 0 Å². The van der Waals surface area contributed by atoms with Crippen LogP contribution in [-0.4, -0.2) is 46.1 Å². The number of nitrogens with zero attached hydrogens (tertiary/aromatic N) is 3. The first-order valence-electron chi connectivity index (χ1n) is 6.65. The lowest BCUT2D eigenvalue weighted by Crippen LogP contribution is -2.42. The third kappa shape index (κ3) is 3.55. The molecule has 0 amide bonds. The van der Waals surface area contributed by atoms with Gasteiger partial charge in [0.15, 0.2) is 5.78 Å². The number of carbonyl (C=O) groups excluding carboxylic acids is 1. The summed E-state index contributed by atoms with van der Waals surface area (Å²) in [5, 5.41) is 4.78. The summed E-state index contributed by atoms with van der Waals surface area (Å²) in [5.41, 5.74) is 7.54. The molecule has 19 heavy (non-hydrogen) atoms. The van der Waals surface area contributed by atoms with Gasteiger partial charge in [-0.05, 0) is 19.8 Å². The molecule has 0 radical (unpaired) electrons. The normalized spacial score (nSPS) is 17.9. The lowest BCUT2D eigenvalue weighted by atomic mass is 10.0. The Morgan fingerprint density at radius 2 is 2.11 bits per heavy atom. The van der Waals surface area contributed by atoms with E-state index in [0.29, 0.717) is 24.2 Å². The van der Waals surface area contributed by atoms with E-state index in [0.717, 1.165) is 37.2 Å². The summed E-state index contributed by atoms with van der Waals surface area (Å²) < 4.78 is 1.61. The maximum Gasteiger partial charge on any atom is 0.151 e. The van der Waals surface area contributed by atoms with Crippen molar-refractivity contribution < 1.29 is 4.79 Å². The molecule has 1 aromatic rings. The lowest BCUT2D eigenvalue weighted by molar-refractivity contribution is -0.119. The van der Waals surface area contributed by atoms with Gasteiger partial charge in [-0.2, -0.15) is 5.10 Å². The fourth-order valence-electron chi connectivity index (χ4n) is 2.49. The van der Waals surface area contributed by atoms with Crippen LogP contribution >= 0.6 is 11.6 Å². The average Bonchev–Trinajstić information content (AvgIpc) is 2.59. The fraction of sp³-hybridized carbons (Fsp3) is 0.692. The molecule has 0 aromatic carbocycles. The molecule has 106 valence electrons. The molecular weight excluding hydrogens is 264 g/mol. The second-order valence-corrected chi connectivity index (χ2v) is 5.67. The van der Waals surface area contributed by atoms with Crippen LogP contribution < -0.4 is 5.73 Å². The highest BCUT2D eigenvalue weighted by atomic mass is 35.5. The monoisotopic (exact) mass is 284 g/mol. The number of aryl methyl sites for hydroxylation is 2. The van der Waals surface area contributed by atoms with Crippen LogP contribution in [0.1, 0.15) is 24.1 Å². The molecule has 0 spiro atoms. The van der Waals surface area contributed by atoms with Crippen molar-refractivity contribution >= 4 is 17.4 Å². The molecule has 0 bridgehead atoms. The highest BCUT2D eigenvalue weighted by molar-refractivity contribution is 6.30. The number of carbonyl (C=O) groups is 1. The number of aromatic nitrogens is 2. The molecule has 1 fully saturated rings. The highest BCUT2D eigenvalue weighted by Crippen LogP contribution is 2.19. The maximum absolute atomic E-state index is 12.1. The van der Waals surface area contributed by atoms with E-state index in [1.165, 1.54) is 0 Å². The van der Waals surface area contributed by atoms with Crippen molar-refractivity contribution in [2.75, 3.05) is 19.6 Å². The molecule has 0 unspecified atom stereocenters. The summed E-state index contributed by atoms with van der Waals surface area (Å²) in [6.45, 7) is 4.19. The summed E-state index contributed by atoms with van der Waals surface area (Å²) in [6, 6.07) is 0.293. The Morgan fingerprint density at radius 1 is 1.47 bits per heavy atom. The Morgan fingerprint density at radius 3 is 2.63 bits per heavy atom. The van der Waals surface area contributed by atoms with Crippen molar-refractivity contribution in [3.63, 3.8) is 0 Å². The van der Waals surface area contributed by atoms with Gasteiger partial charge >= 0.3 is 0 Å². The zero-order valence-corrected chi connectivity index (χ0v) is 12.3.